The third-order valence-electron chi connectivity index (χ3n) is 5.36. The highest BCUT2D eigenvalue weighted by atomic mass is 16.2. The number of amides is 2. The lowest BCUT2D eigenvalue weighted by atomic mass is 10.0. The summed E-state index contributed by atoms with van der Waals surface area (Å²) < 4.78 is 0. The molecule has 29 heavy (non-hydrogen) atoms. The predicted molar refractivity (Wildman–Crippen MR) is 103 cm³/mol. The smallest absolute Gasteiger partial charge is 0.340 e. The fourth-order valence-electron chi connectivity index (χ4n) is 3.79. The van der Waals surface area contributed by atoms with Crippen LogP contribution in [0.2, 0.25) is 0 Å². The first kappa shape index (κ1) is 19.1. The highest BCUT2D eigenvalue weighted by Gasteiger charge is 2.30. The van der Waals surface area contributed by atoms with Gasteiger partial charge in [0.1, 0.15) is 11.5 Å². The van der Waals surface area contributed by atoms with E-state index in [9.17, 15) is 14.4 Å². The number of hydrogen-bond donors (Lipinski definition) is 3. The first-order valence-corrected chi connectivity index (χ1v) is 9.83. The summed E-state index contributed by atoms with van der Waals surface area (Å²) in [6.45, 7) is 2.30. The molecule has 11 nitrogen and oxygen atoms in total. The molecule has 0 atom stereocenters. The standard InChI is InChI=1S/C18H24N8O3/c1-19-17-20-12-6-9-26(14(27)5-4-13-21-18(29)24-23-13)10-11(12)15(22-17)16(28)25-7-2-3-8-25/h2-10H2,1H3,(H,19,20,22)(H2,21,23,24,29). The molecule has 0 bridgehead atoms. The van der Waals surface area contributed by atoms with E-state index in [1.165, 1.54) is 0 Å². The zero-order valence-electron chi connectivity index (χ0n) is 16.3. The summed E-state index contributed by atoms with van der Waals surface area (Å²) in [6, 6.07) is 0. The minimum absolute atomic E-state index is 0.0586. The second kappa shape index (κ2) is 8.02. The number of nitrogens with one attached hydrogen (secondary N) is 3. The quantitative estimate of drug-likeness (QED) is 0.625. The van der Waals surface area contributed by atoms with E-state index >= 15 is 0 Å². The summed E-state index contributed by atoms with van der Waals surface area (Å²) in [5, 5.41) is 9.05. The molecule has 2 aliphatic heterocycles. The van der Waals surface area contributed by atoms with Crippen molar-refractivity contribution >= 4 is 17.8 Å². The molecule has 0 radical (unpaired) electrons. The lowest BCUT2D eigenvalue weighted by molar-refractivity contribution is -0.132. The van der Waals surface area contributed by atoms with Gasteiger partial charge in [0.15, 0.2) is 0 Å². The number of carbonyl (C=O) groups excluding carboxylic acids is 2. The van der Waals surface area contributed by atoms with Crippen molar-refractivity contribution < 1.29 is 9.59 Å². The van der Waals surface area contributed by atoms with Gasteiger partial charge in [0.2, 0.25) is 11.9 Å². The number of nitrogens with zero attached hydrogens (tertiary/aromatic N) is 5. The molecule has 0 aliphatic carbocycles. The van der Waals surface area contributed by atoms with Gasteiger partial charge >= 0.3 is 5.69 Å². The van der Waals surface area contributed by atoms with Crippen LogP contribution in [0.5, 0.6) is 0 Å². The van der Waals surface area contributed by atoms with Crippen LogP contribution < -0.4 is 11.0 Å². The van der Waals surface area contributed by atoms with Crippen molar-refractivity contribution in [1.29, 1.82) is 0 Å². The Morgan fingerprint density at radius 2 is 1.93 bits per heavy atom. The monoisotopic (exact) mass is 400 g/mol. The summed E-state index contributed by atoms with van der Waals surface area (Å²) in [5.41, 5.74) is 1.54. The topological polar surface area (TPSA) is 140 Å². The fraction of sp³-hybridized carbons (Fsp3) is 0.556. The molecule has 11 heteroatoms. The normalized spacial score (nSPS) is 16.0. The number of rotatable bonds is 5. The molecule has 2 aromatic rings. The Morgan fingerprint density at radius 1 is 1.14 bits per heavy atom. The Hall–Kier alpha value is -3.24. The highest BCUT2D eigenvalue weighted by molar-refractivity contribution is 5.94. The van der Waals surface area contributed by atoms with Gasteiger partial charge < -0.3 is 15.1 Å². The van der Waals surface area contributed by atoms with Crippen LogP contribution in [0, 0.1) is 0 Å². The van der Waals surface area contributed by atoms with E-state index in [0.717, 1.165) is 37.2 Å². The predicted octanol–water partition coefficient (Wildman–Crippen LogP) is -0.317. The molecule has 4 rings (SSSR count). The molecule has 0 spiro atoms. The Bertz CT molecular complexity index is 976. The number of likely N-dealkylation sites (tertiary alicyclic amines) is 1. The molecule has 2 aliphatic rings. The van der Waals surface area contributed by atoms with Gasteiger partial charge in [-0.3, -0.25) is 14.6 Å². The molecule has 3 N–H and O–H groups in total. The van der Waals surface area contributed by atoms with Crippen molar-refractivity contribution in [3.05, 3.63) is 33.3 Å². The average molecular weight is 400 g/mol. The van der Waals surface area contributed by atoms with Crippen LogP contribution in [0.25, 0.3) is 0 Å². The molecular weight excluding hydrogens is 376 g/mol. The number of carbonyl (C=O) groups is 2. The maximum absolute atomic E-state index is 13.0. The molecule has 0 saturated carbocycles. The van der Waals surface area contributed by atoms with Crippen LogP contribution in [0.4, 0.5) is 5.95 Å². The van der Waals surface area contributed by atoms with Gasteiger partial charge in [0.05, 0.1) is 5.69 Å². The zero-order chi connectivity index (χ0) is 20.4. The largest absolute Gasteiger partial charge is 0.357 e. The third kappa shape index (κ3) is 3.98. The molecular formula is C18H24N8O3. The van der Waals surface area contributed by atoms with Gasteiger partial charge in [-0.25, -0.2) is 19.9 Å². The molecule has 0 aromatic carbocycles. The van der Waals surface area contributed by atoms with Crippen molar-refractivity contribution in [2.24, 2.45) is 0 Å². The van der Waals surface area contributed by atoms with E-state index in [1.54, 1.807) is 11.9 Å². The van der Waals surface area contributed by atoms with Gasteiger partial charge in [-0.05, 0) is 12.8 Å². The lowest BCUT2D eigenvalue weighted by Gasteiger charge is -2.30. The van der Waals surface area contributed by atoms with Gasteiger partial charge in [-0.1, -0.05) is 0 Å². The van der Waals surface area contributed by atoms with E-state index in [4.69, 9.17) is 0 Å². The van der Waals surface area contributed by atoms with Crippen LogP contribution >= 0.6 is 0 Å². The van der Waals surface area contributed by atoms with Gasteiger partial charge in [0, 0.05) is 58.1 Å². The Morgan fingerprint density at radius 3 is 2.62 bits per heavy atom. The van der Waals surface area contributed by atoms with Crippen LogP contribution in [0.15, 0.2) is 4.79 Å². The number of aromatic amines is 2. The molecule has 0 unspecified atom stereocenters. The van der Waals surface area contributed by atoms with E-state index in [2.05, 4.69) is 30.5 Å². The van der Waals surface area contributed by atoms with Gasteiger partial charge in [-0.2, -0.15) is 5.10 Å². The SMILES string of the molecule is CNc1nc2c(c(C(=O)N3CCCC3)n1)CN(C(=O)CCc1n[nH]c(=O)[nH]1)CC2. The number of aryl methyl sites for hydroxylation is 1. The summed E-state index contributed by atoms with van der Waals surface area (Å²) in [7, 11) is 1.73. The maximum atomic E-state index is 13.0. The van der Waals surface area contributed by atoms with Crippen molar-refractivity contribution in [3.8, 4) is 0 Å². The minimum Gasteiger partial charge on any atom is -0.357 e. The van der Waals surface area contributed by atoms with Crippen molar-refractivity contribution in [3.63, 3.8) is 0 Å². The number of fused-ring (bicyclic) bond motifs is 1. The van der Waals surface area contributed by atoms with E-state index in [0.29, 0.717) is 43.4 Å². The average Bonchev–Trinajstić information content (AvgIpc) is 3.42. The van der Waals surface area contributed by atoms with E-state index in [-0.39, 0.29) is 23.9 Å². The zero-order valence-corrected chi connectivity index (χ0v) is 16.3. The van der Waals surface area contributed by atoms with Gasteiger partial charge in [-0.15, -0.1) is 0 Å². The molecule has 2 aromatic heterocycles. The molecule has 1 saturated heterocycles. The van der Waals surface area contributed by atoms with Gasteiger partial charge in [0.25, 0.3) is 5.91 Å². The molecule has 154 valence electrons. The molecule has 2 amide bonds. The minimum atomic E-state index is -0.387. The third-order valence-corrected chi connectivity index (χ3v) is 5.36. The van der Waals surface area contributed by atoms with Crippen molar-refractivity contribution in [2.45, 2.75) is 38.6 Å². The van der Waals surface area contributed by atoms with E-state index in [1.807, 2.05) is 4.90 Å². The Kier molecular flexibility index (Phi) is 5.28. The highest BCUT2D eigenvalue weighted by Crippen LogP contribution is 2.24. The van der Waals surface area contributed by atoms with Crippen LogP contribution in [0.3, 0.4) is 0 Å². The Balaban J connectivity index is 1.53. The van der Waals surface area contributed by atoms with Crippen LogP contribution in [-0.4, -0.2) is 73.4 Å². The van der Waals surface area contributed by atoms with Crippen LogP contribution in [0.1, 0.15) is 46.8 Å². The molecule has 1 fully saturated rings. The summed E-state index contributed by atoms with van der Waals surface area (Å²) in [4.78, 5) is 51.9. The second-order valence-corrected chi connectivity index (χ2v) is 7.26. The summed E-state index contributed by atoms with van der Waals surface area (Å²) >= 11 is 0. The van der Waals surface area contributed by atoms with Crippen molar-refractivity contribution in [2.75, 3.05) is 32.0 Å². The first-order chi connectivity index (χ1) is 14.0. The van der Waals surface area contributed by atoms with Crippen LogP contribution in [-0.2, 0) is 24.2 Å². The summed E-state index contributed by atoms with van der Waals surface area (Å²) in [5.74, 6) is 0.721. The number of aromatic nitrogens is 5. The maximum Gasteiger partial charge on any atom is 0.340 e. The number of H-pyrrole nitrogens is 2. The Labute approximate surface area is 166 Å². The number of hydrogen-bond acceptors (Lipinski definition) is 7. The lowest BCUT2D eigenvalue weighted by Crippen LogP contribution is -2.39. The first-order valence-electron chi connectivity index (χ1n) is 9.83. The number of anilines is 1. The van der Waals surface area contributed by atoms with E-state index < -0.39 is 0 Å². The molecule has 4 heterocycles. The van der Waals surface area contributed by atoms with Crippen molar-refractivity contribution in [1.82, 2.24) is 34.9 Å². The fourth-order valence-corrected chi connectivity index (χ4v) is 3.79. The summed E-state index contributed by atoms with van der Waals surface area (Å²) in [6.07, 6.45) is 3.13. The second-order valence-electron chi connectivity index (χ2n) is 7.26.